The number of halogens is 1. The summed E-state index contributed by atoms with van der Waals surface area (Å²) in [5, 5.41) is 26.6. The van der Waals surface area contributed by atoms with Crippen molar-refractivity contribution >= 4 is 33.3 Å². The predicted molar refractivity (Wildman–Crippen MR) is 174 cm³/mol. The second-order valence-electron chi connectivity index (χ2n) is 13.1. The Morgan fingerprint density at radius 1 is 1.25 bits per heavy atom. The van der Waals surface area contributed by atoms with Crippen LogP contribution >= 0.6 is 11.6 Å². The molecule has 6 atom stereocenters. The van der Waals surface area contributed by atoms with Crippen molar-refractivity contribution in [2.45, 2.75) is 82.0 Å². The molecule has 2 aliphatic carbocycles. The summed E-state index contributed by atoms with van der Waals surface area (Å²) in [4.78, 5) is 14.2. The van der Waals surface area contributed by atoms with Crippen LogP contribution < -0.4 is 14.8 Å². The lowest BCUT2D eigenvalue weighted by atomic mass is 9.68. The molecule has 4 N–H and O–H groups in total. The van der Waals surface area contributed by atoms with E-state index in [4.69, 9.17) is 21.5 Å². The van der Waals surface area contributed by atoms with Crippen molar-refractivity contribution in [3.05, 3.63) is 70.3 Å². The van der Waals surface area contributed by atoms with Gasteiger partial charge in [0.1, 0.15) is 5.75 Å². The van der Waals surface area contributed by atoms with E-state index in [9.17, 15) is 23.4 Å². The average molecular weight is 645 g/mol. The predicted octanol–water partition coefficient (Wildman–Crippen LogP) is 5.94. The fourth-order valence-corrected chi connectivity index (χ4v) is 9.10. The summed E-state index contributed by atoms with van der Waals surface area (Å²) < 4.78 is 30.6. The molecule has 1 aliphatic heterocycles. The van der Waals surface area contributed by atoms with Gasteiger partial charge in [-0.2, -0.15) is 0 Å². The second-order valence-corrected chi connectivity index (χ2v) is 15.4. The van der Waals surface area contributed by atoms with E-state index in [1.54, 1.807) is 18.2 Å². The van der Waals surface area contributed by atoms with Crippen molar-refractivity contribution in [2.24, 2.45) is 22.9 Å². The number of carbonyl (C=O) groups is 1. The fourth-order valence-electron chi connectivity index (χ4n) is 7.59. The molecule has 2 aromatic rings. The number of anilines is 1. The van der Waals surface area contributed by atoms with Gasteiger partial charge in [0, 0.05) is 23.5 Å². The molecule has 0 aromatic heterocycles. The number of aliphatic hydroxyl groups excluding tert-OH is 1. The Morgan fingerprint density at radius 3 is 2.73 bits per heavy atom. The second kappa shape index (κ2) is 13.4. The van der Waals surface area contributed by atoms with Crippen LogP contribution in [0.1, 0.15) is 80.3 Å². The van der Waals surface area contributed by atoms with E-state index in [-0.39, 0.29) is 28.7 Å². The third-order valence-corrected chi connectivity index (χ3v) is 11.9. The van der Waals surface area contributed by atoms with E-state index < -0.39 is 27.3 Å². The number of benzene rings is 2. The first-order valence-corrected chi connectivity index (χ1v) is 17.8. The number of rotatable bonds is 11. The quantitative estimate of drug-likeness (QED) is 0.258. The number of hydrogen-bond acceptors (Lipinski definition) is 6. The highest BCUT2D eigenvalue weighted by molar-refractivity contribution is 7.89. The van der Waals surface area contributed by atoms with Gasteiger partial charge in [-0.3, -0.25) is 0 Å². The first kappa shape index (κ1) is 32.8. The van der Waals surface area contributed by atoms with Crippen molar-refractivity contribution < 1.29 is 28.2 Å². The van der Waals surface area contributed by atoms with Gasteiger partial charge in [-0.05, 0) is 104 Å². The van der Waals surface area contributed by atoms with Gasteiger partial charge in [0.2, 0.25) is 10.0 Å². The van der Waals surface area contributed by atoms with E-state index in [0.29, 0.717) is 38.3 Å². The topological polar surface area (TPSA) is 130 Å². The van der Waals surface area contributed by atoms with Gasteiger partial charge in [-0.15, -0.1) is 0 Å². The van der Waals surface area contributed by atoms with Gasteiger partial charge in [-0.25, -0.2) is 18.4 Å². The number of sulfonamides is 1. The molecule has 1 saturated carbocycles. The molecule has 2 aromatic carbocycles. The SMILES string of the molecule is CCC[C@H]([C@@H](C)CC=C[C@H](O)[C@@H]1CC[C@H]1CN1C[C@]2(CCCc3cc(Cl)ccc32)COc2ccc(C(=O)O)cc21)S(N)(=O)=O. The van der Waals surface area contributed by atoms with Crippen molar-refractivity contribution in [3.63, 3.8) is 0 Å². The minimum absolute atomic E-state index is 0.0508. The van der Waals surface area contributed by atoms with E-state index in [1.807, 2.05) is 32.1 Å². The Bertz CT molecular complexity index is 1500. The molecular weight excluding hydrogens is 600 g/mol. The molecule has 240 valence electrons. The molecule has 10 heteroatoms. The molecular formula is C34H45ClN2O6S. The summed E-state index contributed by atoms with van der Waals surface area (Å²) in [6.45, 7) is 5.68. The van der Waals surface area contributed by atoms with Gasteiger partial charge in [-0.1, -0.05) is 50.1 Å². The summed E-state index contributed by atoms with van der Waals surface area (Å²) in [6, 6.07) is 11.2. The van der Waals surface area contributed by atoms with E-state index in [2.05, 4.69) is 17.0 Å². The van der Waals surface area contributed by atoms with Crippen molar-refractivity contribution in [1.29, 1.82) is 0 Å². The number of carboxylic acids is 1. The molecule has 3 aliphatic rings. The molecule has 0 amide bonds. The Kier molecular flexibility index (Phi) is 10.00. The van der Waals surface area contributed by atoms with E-state index in [0.717, 1.165) is 49.2 Å². The number of aryl methyl sites for hydroxylation is 1. The summed E-state index contributed by atoms with van der Waals surface area (Å²) in [6.07, 6.45) is 9.61. The zero-order chi connectivity index (χ0) is 31.6. The molecule has 0 radical (unpaired) electrons. The Balaban J connectivity index is 1.36. The van der Waals surface area contributed by atoms with Gasteiger partial charge < -0.3 is 19.8 Å². The molecule has 5 rings (SSSR count). The third kappa shape index (κ3) is 6.96. The lowest BCUT2D eigenvalue weighted by Crippen LogP contribution is -2.49. The zero-order valence-corrected chi connectivity index (χ0v) is 27.2. The number of aromatic carboxylic acids is 1. The van der Waals surface area contributed by atoms with Crippen LogP contribution in [0.25, 0.3) is 0 Å². The number of carboxylic acid groups (broad SMARTS) is 1. The largest absolute Gasteiger partial charge is 0.490 e. The van der Waals surface area contributed by atoms with Crippen LogP contribution in [0.4, 0.5) is 5.69 Å². The molecule has 44 heavy (non-hydrogen) atoms. The molecule has 0 unspecified atom stereocenters. The maximum absolute atomic E-state index is 12.1. The van der Waals surface area contributed by atoms with Gasteiger partial charge in [0.25, 0.3) is 0 Å². The maximum atomic E-state index is 12.1. The Morgan fingerprint density at radius 2 is 2.05 bits per heavy atom. The molecule has 1 spiro atoms. The number of nitrogens with zero attached hydrogens (tertiary/aromatic N) is 1. The number of nitrogens with two attached hydrogens (primary N) is 1. The number of hydrogen-bond donors (Lipinski definition) is 3. The van der Waals surface area contributed by atoms with Crippen LogP contribution in [0.2, 0.25) is 5.02 Å². The van der Waals surface area contributed by atoms with Crippen molar-refractivity contribution in [1.82, 2.24) is 0 Å². The number of aliphatic hydroxyl groups is 1. The Labute approximate surface area is 266 Å². The zero-order valence-electron chi connectivity index (χ0n) is 25.6. The summed E-state index contributed by atoms with van der Waals surface area (Å²) in [5.41, 5.74) is 3.20. The Hall–Kier alpha value is -2.59. The molecule has 1 heterocycles. The molecule has 8 nitrogen and oxygen atoms in total. The van der Waals surface area contributed by atoms with Crippen LogP contribution in [0, 0.1) is 17.8 Å². The average Bonchev–Trinajstić information content (AvgIpc) is 3.10. The van der Waals surface area contributed by atoms with Crippen LogP contribution in [-0.2, 0) is 21.9 Å². The summed E-state index contributed by atoms with van der Waals surface area (Å²) >= 11 is 6.37. The van der Waals surface area contributed by atoms with Gasteiger partial charge in [0.15, 0.2) is 0 Å². The number of ether oxygens (including phenoxy) is 1. The van der Waals surface area contributed by atoms with Crippen LogP contribution in [0.5, 0.6) is 5.75 Å². The van der Waals surface area contributed by atoms with E-state index >= 15 is 0 Å². The van der Waals surface area contributed by atoms with Gasteiger partial charge >= 0.3 is 5.97 Å². The highest BCUT2D eigenvalue weighted by atomic mass is 35.5. The number of allylic oxidation sites excluding steroid dienone is 1. The smallest absolute Gasteiger partial charge is 0.335 e. The lowest BCUT2D eigenvalue weighted by molar-refractivity contribution is 0.0455. The molecule has 1 fully saturated rings. The monoisotopic (exact) mass is 644 g/mol. The highest BCUT2D eigenvalue weighted by Crippen LogP contribution is 2.46. The van der Waals surface area contributed by atoms with Crippen molar-refractivity contribution in [3.8, 4) is 5.75 Å². The van der Waals surface area contributed by atoms with Crippen LogP contribution in [-0.4, -0.2) is 55.7 Å². The minimum Gasteiger partial charge on any atom is -0.490 e. The van der Waals surface area contributed by atoms with Crippen LogP contribution in [0.15, 0.2) is 48.6 Å². The van der Waals surface area contributed by atoms with E-state index in [1.165, 1.54) is 11.1 Å². The van der Waals surface area contributed by atoms with Gasteiger partial charge in [0.05, 0.1) is 29.2 Å². The fraction of sp³-hybridized carbons (Fsp3) is 0.559. The highest BCUT2D eigenvalue weighted by Gasteiger charge is 2.44. The van der Waals surface area contributed by atoms with Crippen molar-refractivity contribution in [2.75, 3.05) is 24.6 Å². The normalized spacial score (nSPS) is 25.3. The number of fused-ring (bicyclic) bond motifs is 3. The number of primary sulfonamides is 1. The molecule has 0 bridgehead atoms. The third-order valence-electron chi connectivity index (χ3n) is 10.1. The lowest BCUT2D eigenvalue weighted by Gasteiger charge is -2.45. The first-order chi connectivity index (χ1) is 20.9. The first-order valence-electron chi connectivity index (χ1n) is 15.8. The summed E-state index contributed by atoms with van der Waals surface area (Å²) in [5.74, 6) is -0.199. The minimum atomic E-state index is -3.64. The maximum Gasteiger partial charge on any atom is 0.335 e. The molecule has 0 saturated heterocycles. The standard InChI is InChI=1S/C34H45ClN2O6S/c1-3-6-32(44(36,41)42)22(2)7-4-9-30(38)27-13-10-25(27)19-37-20-34(16-5-8-23-17-26(35)12-14-28(23)34)21-43-31-15-11-24(33(39)40)18-29(31)37/h4,9,11-12,14-15,17-18,22,25,27,30,32,38H,3,5-8,10,13,16,19-21H2,1-2H3,(H,39,40)(H2,36,41,42)/t22-,25-,27+,30-,32+,34+/m0/s1. The van der Waals surface area contributed by atoms with Crippen LogP contribution in [0.3, 0.4) is 0 Å². The summed E-state index contributed by atoms with van der Waals surface area (Å²) in [7, 11) is -3.64.